The fraction of sp³-hybridized carbons (Fsp3) is 0.385. The number of nitrogens with one attached hydrogen (secondary N) is 1. The maximum absolute atomic E-state index is 4.03. The van der Waals surface area contributed by atoms with Gasteiger partial charge in [0.2, 0.25) is 0 Å². The van der Waals surface area contributed by atoms with Crippen LogP contribution in [0.4, 0.5) is 0 Å². The summed E-state index contributed by atoms with van der Waals surface area (Å²) in [6.45, 7) is 3.11. The van der Waals surface area contributed by atoms with Crippen molar-refractivity contribution in [3.63, 3.8) is 0 Å². The molecule has 6 heteroatoms. The zero-order valence-corrected chi connectivity index (χ0v) is 14.6. The summed E-state index contributed by atoms with van der Waals surface area (Å²) in [5.41, 5.74) is 2.28. The molecule has 0 saturated heterocycles. The minimum Gasteiger partial charge on any atom is -0.305 e. The predicted molar refractivity (Wildman–Crippen MR) is 88.0 cm³/mol. The van der Waals surface area contributed by atoms with Gasteiger partial charge in [0.1, 0.15) is 0 Å². The molecule has 102 valence electrons. The maximum atomic E-state index is 4.03. The molecular weight excluding hydrogens is 419 g/mol. The molecule has 0 aliphatic carbocycles. The third-order valence-corrected chi connectivity index (χ3v) is 4.31. The Kier molecular flexibility index (Phi) is 5.35. The molecule has 2 rings (SSSR count). The Morgan fingerprint density at radius 1 is 1.47 bits per heavy atom. The Morgan fingerprint density at radius 3 is 2.89 bits per heavy atom. The van der Waals surface area contributed by atoms with Gasteiger partial charge in [0, 0.05) is 15.1 Å². The number of hydrogen-bond acceptors (Lipinski definition) is 3. The largest absolute Gasteiger partial charge is 0.305 e. The molecule has 4 nitrogen and oxygen atoms in total. The van der Waals surface area contributed by atoms with E-state index in [0.717, 1.165) is 23.1 Å². The van der Waals surface area contributed by atoms with Crippen LogP contribution in [0.3, 0.4) is 0 Å². The molecule has 19 heavy (non-hydrogen) atoms. The van der Waals surface area contributed by atoms with E-state index in [1.807, 2.05) is 17.9 Å². The molecule has 0 aliphatic rings. The molecule has 1 aromatic carbocycles. The summed E-state index contributed by atoms with van der Waals surface area (Å²) < 4.78 is 4.14. The number of halogens is 2. The van der Waals surface area contributed by atoms with Crippen molar-refractivity contribution in [1.29, 1.82) is 0 Å². The maximum Gasteiger partial charge on any atom is 0.0799 e. The Hall–Kier alpha value is -0.470. The minimum atomic E-state index is 0.101. The summed E-state index contributed by atoms with van der Waals surface area (Å²) in [7, 11) is 1.92. The average Bonchev–Trinajstić information content (AvgIpc) is 2.80. The van der Waals surface area contributed by atoms with Crippen LogP contribution in [0, 0.1) is 3.57 Å². The molecule has 1 atom stereocenters. The van der Waals surface area contributed by atoms with E-state index in [1.165, 1.54) is 9.13 Å². The first kappa shape index (κ1) is 14.9. The fourth-order valence-electron chi connectivity index (χ4n) is 1.96. The van der Waals surface area contributed by atoms with Gasteiger partial charge in [-0.25, -0.2) is 0 Å². The van der Waals surface area contributed by atoms with Crippen molar-refractivity contribution in [2.75, 3.05) is 6.54 Å². The van der Waals surface area contributed by atoms with Gasteiger partial charge < -0.3 is 5.32 Å². The van der Waals surface area contributed by atoms with Gasteiger partial charge in [-0.2, -0.15) is 0 Å². The Bertz CT molecular complexity index is 555. The van der Waals surface area contributed by atoms with Crippen LogP contribution in [-0.4, -0.2) is 21.5 Å². The Morgan fingerprint density at radius 2 is 2.26 bits per heavy atom. The van der Waals surface area contributed by atoms with E-state index < -0.39 is 0 Å². The fourth-order valence-corrected chi connectivity index (χ4v) is 2.95. The topological polar surface area (TPSA) is 42.7 Å². The second-order valence-electron chi connectivity index (χ2n) is 4.34. The molecular formula is C13H16BrIN4. The summed E-state index contributed by atoms with van der Waals surface area (Å²) in [6, 6.07) is 6.46. The number of aryl methyl sites for hydroxylation is 1. The van der Waals surface area contributed by atoms with Crippen LogP contribution in [0.25, 0.3) is 0 Å². The Labute approximate surface area is 135 Å². The molecule has 1 heterocycles. The van der Waals surface area contributed by atoms with Gasteiger partial charge in [0.15, 0.2) is 0 Å². The van der Waals surface area contributed by atoms with Gasteiger partial charge in [-0.05, 0) is 59.3 Å². The van der Waals surface area contributed by atoms with E-state index in [0.29, 0.717) is 0 Å². The van der Waals surface area contributed by atoms with E-state index in [9.17, 15) is 0 Å². The minimum absolute atomic E-state index is 0.101. The first-order valence-corrected chi connectivity index (χ1v) is 8.03. The number of benzene rings is 1. The van der Waals surface area contributed by atoms with E-state index >= 15 is 0 Å². The molecule has 0 amide bonds. The van der Waals surface area contributed by atoms with Crippen molar-refractivity contribution < 1.29 is 0 Å². The lowest BCUT2D eigenvalue weighted by Crippen LogP contribution is -2.25. The second-order valence-corrected chi connectivity index (χ2v) is 6.44. The zero-order valence-electron chi connectivity index (χ0n) is 10.9. The Balaban J connectivity index is 2.42. The lowest BCUT2D eigenvalue weighted by molar-refractivity contribution is 0.549. The molecule has 1 N–H and O–H groups in total. The summed E-state index contributed by atoms with van der Waals surface area (Å²) in [6.07, 6.45) is 2.91. The monoisotopic (exact) mass is 434 g/mol. The van der Waals surface area contributed by atoms with Crippen LogP contribution in [0.1, 0.15) is 30.6 Å². The normalized spacial score (nSPS) is 12.6. The van der Waals surface area contributed by atoms with Crippen molar-refractivity contribution in [2.24, 2.45) is 7.05 Å². The van der Waals surface area contributed by atoms with Crippen LogP contribution in [0.5, 0.6) is 0 Å². The van der Waals surface area contributed by atoms with Crippen LogP contribution >= 0.6 is 38.5 Å². The molecule has 1 unspecified atom stereocenters. The zero-order chi connectivity index (χ0) is 13.8. The number of rotatable bonds is 5. The highest BCUT2D eigenvalue weighted by molar-refractivity contribution is 14.1. The van der Waals surface area contributed by atoms with Crippen LogP contribution < -0.4 is 5.32 Å². The molecule has 0 fully saturated rings. The summed E-state index contributed by atoms with van der Waals surface area (Å²) >= 11 is 5.97. The molecule has 0 aliphatic heterocycles. The van der Waals surface area contributed by atoms with Crippen molar-refractivity contribution >= 4 is 38.5 Å². The van der Waals surface area contributed by atoms with E-state index in [4.69, 9.17) is 0 Å². The van der Waals surface area contributed by atoms with Crippen molar-refractivity contribution in [3.05, 3.63) is 43.7 Å². The highest BCUT2D eigenvalue weighted by Gasteiger charge is 2.20. The molecule has 0 radical (unpaired) electrons. The van der Waals surface area contributed by atoms with Gasteiger partial charge in [0.05, 0.1) is 17.9 Å². The lowest BCUT2D eigenvalue weighted by Gasteiger charge is -2.20. The third-order valence-electron chi connectivity index (χ3n) is 2.91. The molecule has 1 aromatic heterocycles. The summed E-state index contributed by atoms with van der Waals surface area (Å²) in [5, 5.41) is 11.6. The van der Waals surface area contributed by atoms with Gasteiger partial charge >= 0.3 is 0 Å². The number of aromatic nitrogens is 3. The number of hydrogen-bond donors (Lipinski definition) is 1. The van der Waals surface area contributed by atoms with Crippen molar-refractivity contribution in [1.82, 2.24) is 20.3 Å². The van der Waals surface area contributed by atoms with Gasteiger partial charge in [0.25, 0.3) is 0 Å². The van der Waals surface area contributed by atoms with Crippen LogP contribution in [0.15, 0.2) is 28.9 Å². The van der Waals surface area contributed by atoms with Crippen molar-refractivity contribution in [3.8, 4) is 0 Å². The quantitative estimate of drug-likeness (QED) is 0.734. The second kappa shape index (κ2) is 6.81. The SMILES string of the molecule is CCCNC(c1cc(I)ccc1Br)c1cnnn1C. The predicted octanol–water partition coefficient (Wildman–Crippen LogP) is 3.27. The van der Waals surface area contributed by atoms with Crippen molar-refractivity contribution in [2.45, 2.75) is 19.4 Å². The summed E-state index contributed by atoms with van der Waals surface area (Å²) in [4.78, 5) is 0. The van der Waals surface area contributed by atoms with Crippen LogP contribution in [-0.2, 0) is 7.05 Å². The number of nitrogens with zero attached hydrogens (tertiary/aromatic N) is 3. The van der Waals surface area contributed by atoms with E-state index in [-0.39, 0.29) is 6.04 Å². The summed E-state index contributed by atoms with van der Waals surface area (Å²) in [5.74, 6) is 0. The van der Waals surface area contributed by atoms with Gasteiger partial charge in [-0.3, -0.25) is 4.68 Å². The van der Waals surface area contributed by atoms with Gasteiger partial charge in [-0.15, -0.1) is 5.10 Å². The first-order valence-electron chi connectivity index (χ1n) is 6.16. The van der Waals surface area contributed by atoms with Crippen LogP contribution in [0.2, 0.25) is 0 Å². The van der Waals surface area contributed by atoms with E-state index in [2.05, 4.69) is 79.3 Å². The van der Waals surface area contributed by atoms with E-state index in [1.54, 1.807) is 0 Å². The lowest BCUT2D eigenvalue weighted by atomic mass is 10.0. The third kappa shape index (κ3) is 3.55. The molecule has 0 spiro atoms. The molecule has 2 aromatic rings. The highest BCUT2D eigenvalue weighted by Crippen LogP contribution is 2.29. The standard InChI is InChI=1S/C13H16BrIN4/c1-3-6-16-13(12-8-17-18-19(12)2)10-7-9(15)4-5-11(10)14/h4-5,7-8,13,16H,3,6H2,1-2H3. The highest BCUT2D eigenvalue weighted by atomic mass is 127. The molecule has 0 bridgehead atoms. The first-order chi connectivity index (χ1) is 9.13. The smallest absolute Gasteiger partial charge is 0.0799 e. The molecule has 0 saturated carbocycles. The average molecular weight is 435 g/mol. The van der Waals surface area contributed by atoms with Gasteiger partial charge in [-0.1, -0.05) is 28.1 Å².